The molecule has 3 nitrogen and oxygen atoms in total. The summed E-state index contributed by atoms with van der Waals surface area (Å²) in [6, 6.07) is 14.5. The first-order valence-corrected chi connectivity index (χ1v) is 8.49. The number of ether oxygens (including phenoxy) is 2. The molecule has 0 bridgehead atoms. The molecule has 1 aliphatic rings. The highest BCUT2D eigenvalue weighted by Gasteiger charge is 2.12. The summed E-state index contributed by atoms with van der Waals surface area (Å²) in [5.41, 5.74) is 2.44. The Balaban J connectivity index is 1.54. The molecule has 0 saturated carbocycles. The van der Waals surface area contributed by atoms with Gasteiger partial charge in [-0.05, 0) is 42.4 Å². The fourth-order valence-corrected chi connectivity index (χ4v) is 2.77. The Bertz CT molecular complexity index is 682. The lowest BCUT2D eigenvalue weighted by molar-refractivity contribution is 0.171. The van der Waals surface area contributed by atoms with Gasteiger partial charge in [-0.2, -0.15) is 0 Å². The average Bonchev–Trinajstić information content (AvgIpc) is 2.56. The number of hydrogen-bond donors (Lipinski definition) is 0. The number of nitrogens with zero attached hydrogens (tertiary/aromatic N) is 1. The first-order chi connectivity index (χ1) is 11.2. The van der Waals surface area contributed by atoms with Gasteiger partial charge in [-0.1, -0.05) is 46.3 Å². The van der Waals surface area contributed by atoms with Crippen LogP contribution >= 0.6 is 15.9 Å². The molecular formula is C19H20BrNO2. The zero-order valence-corrected chi connectivity index (χ0v) is 14.8. The highest BCUT2D eigenvalue weighted by atomic mass is 79.9. The summed E-state index contributed by atoms with van der Waals surface area (Å²) in [6.45, 7) is 3.03. The second-order valence-electron chi connectivity index (χ2n) is 5.63. The molecule has 3 rings (SSSR count). The molecule has 0 aliphatic carbocycles. The van der Waals surface area contributed by atoms with Gasteiger partial charge in [0.15, 0.2) is 11.5 Å². The minimum absolute atomic E-state index is 0.627. The zero-order valence-electron chi connectivity index (χ0n) is 13.2. The van der Waals surface area contributed by atoms with E-state index in [1.807, 2.05) is 6.07 Å². The van der Waals surface area contributed by atoms with Gasteiger partial charge in [-0.15, -0.1) is 0 Å². The first kappa shape index (κ1) is 16.1. The normalized spacial score (nSPS) is 13.7. The summed E-state index contributed by atoms with van der Waals surface area (Å²) in [4.78, 5) is 2.26. The van der Waals surface area contributed by atoms with Gasteiger partial charge in [-0.25, -0.2) is 0 Å². The summed E-state index contributed by atoms with van der Waals surface area (Å²) < 4.78 is 12.3. The fraction of sp³-hybridized carbons (Fsp3) is 0.263. The van der Waals surface area contributed by atoms with Crippen LogP contribution < -0.4 is 9.47 Å². The van der Waals surface area contributed by atoms with E-state index in [4.69, 9.17) is 9.47 Å². The summed E-state index contributed by atoms with van der Waals surface area (Å²) >= 11 is 3.45. The van der Waals surface area contributed by atoms with E-state index in [2.05, 4.69) is 76.4 Å². The molecular weight excluding hydrogens is 354 g/mol. The van der Waals surface area contributed by atoms with E-state index in [1.165, 1.54) is 11.1 Å². The van der Waals surface area contributed by atoms with Crippen molar-refractivity contribution in [2.75, 3.05) is 26.8 Å². The van der Waals surface area contributed by atoms with Gasteiger partial charge < -0.3 is 9.47 Å². The first-order valence-electron chi connectivity index (χ1n) is 7.70. The molecule has 0 radical (unpaired) electrons. The van der Waals surface area contributed by atoms with Crippen LogP contribution in [-0.2, 0) is 6.54 Å². The lowest BCUT2D eigenvalue weighted by Crippen LogP contribution is -2.19. The molecule has 0 atom stereocenters. The topological polar surface area (TPSA) is 21.7 Å². The van der Waals surface area contributed by atoms with Crippen molar-refractivity contribution >= 4 is 22.0 Å². The molecule has 0 aromatic heterocycles. The summed E-state index contributed by atoms with van der Waals surface area (Å²) in [5.74, 6) is 1.70. The summed E-state index contributed by atoms with van der Waals surface area (Å²) in [5, 5.41) is 0. The standard InChI is InChI=1S/C19H20BrNO2/c1-21(10-2-3-15-4-7-17(20)8-5-15)14-16-6-9-18-19(13-16)23-12-11-22-18/h2-9,13H,10-12,14H2,1H3. The highest BCUT2D eigenvalue weighted by Crippen LogP contribution is 2.31. The van der Waals surface area contributed by atoms with Crippen LogP contribution in [-0.4, -0.2) is 31.7 Å². The van der Waals surface area contributed by atoms with Crippen molar-refractivity contribution in [3.8, 4) is 11.5 Å². The fourth-order valence-electron chi connectivity index (χ4n) is 2.50. The maximum absolute atomic E-state index is 5.63. The van der Waals surface area contributed by atoms with Crippen LogP contribution in [0.25, 0.3) is 6.08 Å². The molecule has 1 heterocycles. The lowest BCUT2D eigenvalue weighted by Gasteiger charge is -2.20. The zero-order chi connectivity index (χ0) is 16.1. The van der Waals surface area contributed by atoms with Crippen molar-refractivity contribution in [3.05, 3.63) is 64.1 Å². The van der Waals surface area contributed by atoms with Gasteiger partial charge >= 0.3 is 0 Å². The van der Waals surface area contributed by atoms with E-state index in [0.717, 1.165) is 29.1 Å². The third-order valence-electron chi connectivity index (χ3n) is 3.66. The number of likely N-dealkylation sites (N-methyl/N-ethyl adjacent to an activating group) is 1. The van der Waals surface area contributed by atoms with Gasteiger partial charge in [0.05, 0.1) is 0 Å². The highest BCUT2D eigenvalue weighted by molar-refractivity contribution is 9.10. The van der Waals surface area contributed by atoms with Gasteiger partial charge in [0.2, 0.25) is 0 Å². The van der Waals surface area contributed by atoms with E-state index in [9.17, 15) is 0 Å². The maximum Gasteiger partial charge on any atom is 0.161 e. The van der Waals surface area contributed by atoms with Crippen molar-refractivity contribution in [1.29, 1.82) is 0 Å². The molecule has 0 fully saturated rings. The van der Waals surface area contributed by atoms with Crippen LogP contribution in [0, 0.1) is 0 Å². The third-order valence-corrected chi connectivity index (χ3v) is 4.19. The lowest BCUT2D eigenvalue weighted by atomic mass is 10.2. The molecule has 0 saturated heterocycles. The average molecular weight is 374 g/mol. The third kappa shape index (κ3) is 4.60. The minimum atomic E-state index is 0.627. The molecule has 0 amide bonds. The molecule has 4 heteroatoms. The van der Waals surface area contributed by atoms with Gasteiger partial charge in [0.25, 0.3) is 0 Å². The Labute approximate surface area is 145 Å². The quantitative estimate of drug-likeness (QED) is 0.776. The Morgan fingerprint density at radius 2 is 1.78 bits per heavy atom. The summed E-state index contributed by atoms with van der Waals surface area (Å²) in [7, 11) is 2.11. The smallest absolute Gasteiger partial charge is 0.161 e. The molecule has 0 unspecified atom stereocenters. The number of rotatable bonds is 5. The molecule has 0 N–H and O–H groups in total. The second-order valence-corrected chi connectivity index (χ2v) is 6.54. The number of halogens is 1. The van der Waals surface area contributed by atoms with Gasteiger partial charge in [0.1, 0.15) is 13.2 Å². The molecule has 0 spiro atoms. The van der Waals surface area contributed by atoms with Crippen molar-refractivity contribution < 1.29 is 9.47 Å². The Morgan fingerprint density at radius 1 is 1.04 bits per heavy atom. The van der Waals surface area contributed by atoms with Crippen molar-refractivity contribution in [3.63, 3.8) is 0 Å². The SMILES string of the molecule is CN(CC=Cc1ccc(Br)cc1)Cc1ccc2c(c1)OCCO2. The van der Waals surface area contributed by atoms with Crippen molar-refractivity contribution in [2.24, 2.45) is 0 Å². The van der Waals surface area contributed by atoms with Crippen LogP contribution in [0.1, 0.15) is 11.1 Å². The van der Waals surface area contributed by atoms with Crippen LogP contribution in [0.15, 0.2) is 53.0 Å². The van der Waals surface area contributed by atoms with E-state index in [-0.39, 0.29) is 0 Å². The molecule has 23 heavy (non-hydrogen) atoms. The Hall–Kier alpha value is -1.78. The van der Waals surface area contributed by atoms with E-state index in [0.29, 0.717) is 13.2 Å². The molecule has 1 aliphatic heterocycles. The molecule has 2 aromatic carbocycles. The number of fused-ring (bicyclic) bond motifs is 1. The molecule has 2 aromatic rings. The van der Waals surface area contributed by atoms with Gasteiger partial charge in [-0.3, -0.25) is 4.90 Å². The van der Waals surface area contributed by atoms with E-state index in [1.54, 1.807) is 0 Å². The Kier molecular flexibility index (Phi) is 5.36. The predicted molar refractivity (Wildman–Crippen MR) is 96.9 cm³/mol. The maximum atomic E-state index is 5.63. The second kappa shape index (κ2) is 7.66. The minimum Gasteiger partial charge on any atom is -0.486 e. The van der Waals surface area contributed by atoms with Gasteiger partial charge in [0, 0.05) is 17.6 Å². The number of benzene rings is 2. The van der Waals surface area contributed by atoms with Crippen molar-refractivity contribution in [1.82, 2.24) is 4.90 Å². The predicted octanol–water partition coefficient (Wildman–Crippen LogP) is 4.37. The van der Waals surface area contributed by atoms with Crippen LogP contribution in [0.2, 0.25) is 0 Å². The number of hydrogen-bond acceptors (Lipinski definition) is 3. The van der Waals surface area contributed by atoms with Crippen LogP contribution in [0.3, 0.4) is 0 Å². The Morgan fingerprint density at radius 3 is 2.57 bits per heavy atom. The van der Waals surface area contributed by atoms with Crippen LogP contribution in [0.4, 0.5) is 0 Å². The van der Waals surface area contributed by atoms with E-state index < -0.39 is 0 Å². The van der Waals surface area contributed by atoms with Crippen LogP contribution in [0.5, 0.6) is 11.5 Å². The monoisotopic (exact) mass is 373 g/mol. The largest absolute Gasteiger partial charge is 0.486 e. The summed E-state index contributed by atoms with van der Waals surface area (Å²) in [6.07, 6.45) is 4.33. The van der Waals surface area contributed by atoms with E-state index >= 15 is 0 Å². The molecule has 120 valence electrons. The van der Waals surface area contributed by atoms with Crippen molar-refractivity contribution in [2.45, 2.75) is 6.54 Å².